The Bertz CT molecular complexity index is 525. The molecule has 2 rings (SSSR count). The van der Waals surface area contributed by atoms with Gasteiger partial charge in [-0.1, -0.05) is 5.21 Å². The number of aryl methyl sites for hydroxylation is 1. The van der Waals surface area contributed by atoms with Crippen molar-refractivity contribution in [3.05, 3.63) is 41.7 Å². The summed E-state index contributed by atoms with van der Waals surface area (Å²) in [5, 5.41) is 7.85. The Kier molecular flexibility index (Phi) is 3.99. The topological polar surface area (TPSA) is 56.7 Å². The molecule has 0 amide bonds. The molecule has 18 heavy (non-hydrogen) atoms. The summed E-state index contributed by atoms with van der Waals surface area (Å²) in [7, 11) is 0. The van der Waals surface area contributed by atoms with E-state index in [1.54, 1.807) is 6.20 Å². The van der Waals surface area contributed by atoms with Gasteiger partial charge in [0.15, 0.2) is 11.6 Å². The highest BCUT2D eigenvalue weighted by Gasteiger charge is 2.06. The van der Waals surface area contributed by atoms with Gasteiger partial charge in [-0.15, -0.1) is 5.10 Å². The maximum absolute atomic E-state index is 13.1. The van der Waals surface area contributed by atoms with Crippen molar-refractivity contribution in [2.75, 3.05) is 6.54 Å². The first kappa shape index (κ1) is 12.6. The zero-order valence-corrected chi connectivity index (χ0v) is 9.81. The highest BCUT2D eigenvalue weighted by Crippen LogP contribution is 2.12. The number of benzene rings is 1. The second-order valence-electron chi connectivity index (χ2n) is 4.00. The molecular weight excluding hydrogens is 238 g/mol. The third kappa shape index (κ3) is 2.89. The van der Waals surface area contributed by atoms with E-state index in [9.17, 15) is 8.78 Å². The van der Waals surface area contributed by atoms with Gasteiger partial charge in [-0.25, -0.2) is 13.5 Å². The lowest BCUT2D eigenvalue weighted by molar-refractivity contribution is 0.507. The summed E-state index contributed by atoms with van der Waals surface area (Å²) in [6.45, 7) is 0.650. The van der Waals surface area contributed by atoms with E-state index in [-0.39, 0.29) is 0 Å². The van der Waals surface area contributed by atoms with Crippen LogP contribution in [0.25, 0.3) is 5.69 Å². The van der Waals surface area contributed by atoms with Gasteiger partial charge in [0.25, 0.3) is 0 Å². The molecule has 0 atom stereocenters. The second-order valence-corrected chi connectivity index (χ2v) is 4.00. The van der Waals surface area contributed by atoms with Crippen LogP contribution in [0.5, 0.6) is 0 Å². The Labute approximate surface area is 103 Å². The average Bonchev–Trinajstić information content (AvgIpc) is 2.82. The molecule has 0 spiro atoms. The Morgan fingerprint density at radius 2 is 2.00 bits per heavy atom. The molecule has 0 fully saturated rings. The van der Waals surface area contributed by atoms with Crippen molar-refractivity contribution in [1.82, 2.24) is 15.0 Å². The van der Waals surface area contributed by atoms with Crippen molar-refractivity contribution in [2.24, 2.45) is 5.73 Å². The SMILES string of the molecule is NCCCCc1cn(-c2ccc(F)c(F)c2)nn1. The Morgan fingerprint density at radius 1 is 1.17 bits per heavy atom. The maximum Gasteiger partial charge on any atom is 0.160 e. The highest BCUT2D eigenvalue weighted by atomic mass is 19.2. The van der Waals surface area contributed by atoms with Gasteiger partial charge in [-0.3, -0.25) is 0 Å². The van der Waals surface area contributed by atoms with Gasteiger partial charge in [0, 0.05) is 6.07 Å². The van der Waals surface area contributed by atoms with Crippen molar-refractivity contribution < 1.29 is 8.78 Å². The molecule has 0 saturated carbocycles. The van der Waals surface area contributed by atoms with E-state index in [2.05, 4.69) is 10.3 Å². The highest BCUT2D eigenvalue weighted by molar-refractivity contribution is 5.31. The van der Waals surface area contributed by atoms with Crippen LogP contribution in [-0.4, -0.2) is 21.5 Å². The Morgan fingerprint density at radius 3 is 2.72 bits per heavy atom. The number of rotatable bonds is 5. The normalized spacial score (nSPS) is 10.8. The number of unbranched alkanes of at least 4 members (excludes halogenated alkanes) is 1. The molecule has 0 unspecified atom stereocenters. The van der Waals surface area contributed by atoms with Crippen LogP contribution >= 0.6 is 0 Å². The van der Waals surface area contributed by atoms with E-state index in [0.29, 0.717) is 12.2 Å². The standard InChI is InChI=1S/C12H14F2N4/c13-11-5-4-10(7-12(11)14)18-8-9(16-17-18)3-1-2-6-15/h4-5,7-8H,1-3,6,15H2. The fraction of sp³-hybridized carbons (Fsp3) is 0.333. The summed E-state index contributed by atoms with van der Waals surface area (Å²) >= 11 is 0. The third-order valence-electron chi connectivity index (χ3n) is 2.60. The lowest BCUT2D eigenvalue weighted by atomic mass is 10.2. The summed E-state index contributed by atoms with van der Waals surface area (Å²) in [6.07, 6.45) is 4.36. The smallest absolute Gasteiger partial charge is 0.160 e. The van der Waals surface area contributed by atoms with Crippen LogP contribution in [0.2, 0.25) is 0 Å². The van der Waals surface area contributed by atoms with Crippen molar-refractivity contribution in [2.45, 2.75) is 19.3 Å². The van der Waals surface area contributed by atoms with Crippen LogP contribution in [0, 0.1) is 11.6 Å². The van der Waals surface area contributed by atoms with E-state index in [4.69, 9.17) is 5.73 Å². The predicted molar refractivity (Wildman–Crippen MR) is 63.3 cm³/mol. The first-order valence-corrected chi connectivity index (χ1v) is 5.77. The monoisotopic (exact) mass is 252 g/mol. The number of nitrogens with zero attached hydrogens (tertiary/aromatic N) is 3. The van der Waals surface area contributed by atoms with Gasteiger partial charge in [0.1, 0.15) is 0 Å². The predicted octanol–water partition coefficient (Wildman–Crippen LogP) is 1.83. The zero-order chi connectivity index (χ0) is 13.0. The van der Waals surface area contributed by atoms with Gasteiger partial charge < -0.3 is 5.73 Å². The Balaban J connectivity index is 2.11. The fourth-order valence-electron chi connectivity index (χ4n) is 1.62. The molecule has 0 bridgehead atoms. The van der Waals surface area contributed by atoms with Gasteiger partial charge in [0.2, 0.25) is 0 Å². The van der Waals surface area contributed by atoms with Crippen molar-refractivity contribution in [3.63, 3.8) is 0 Å². The molecule has 0 aliphatic carbocycles. The molecule has 0 saturated heterocycles. The average molecular weight is 252 g/mol. The molecule has 2 N–H and O–H groups in total. The van der Waals surface area contributed by atoms with E-state index in [0.717, 1.165) is 37.1 Å². The van der Waals surface area contributed by atoms with Crippen molar-refractivity contribution >= 4 is 0 Å². The van der Waals surface area contributed by atoms with Gasteiger partial charge >= 0.3 is 0 Å². The number of hydrogen-bond donors (Lipinski definition) is 1. The van der Waals surface area contributed by atoms with Crippen LogP contribution in [0.4, 0.5) is 8.78 Å². The van der Waals surface area contributed by atoms with Gasteiger partial charge in [-0.05, 0) is 37.9 Å². The molecule has 0 aliphatic rings. The van der Waals surface area contributed by atoms with Crippen LogP contribution in [0.15, 0.2) is 24.4 Å². The van der Waals surface area contributed by atoms with Crippen LogP contribution in [0.1, 0.15) is 18.5 Å². The molecule has 2 aromatic rings. The molecule has 6 heteroatoms. The first-order valence-electron chi connectivity index (χ1n) is 5.77. The second kappa shape index (κ2) is 5.68. The number of halogens is 2. The molecule has 1 heterocycles. The molecular formula is C12H14F2N4. The summed E-state index contributed by atoms with van der Waals surface area (Å²) in [5.74, 6) is -1.77. The first-order chi connectivity index (χ1) is 8.70. The number of aromatic nitrogens is 3. The van der Waals surface area contributed by atoms with E-state index < -0.39 is 11.6 Å². The van der Waals surface area contributed by atoms with Gasteiger partial charge in [0.05, 0.1) is 17.6 Å². The van der Waals surface area contributed by atoms with E-state index in [1.165, 1.54) is 10.7 Å². The molecule has 0 radical (unpaired) electrons. The summed E-state index contributed by atoms with van der Waals surface area (Å²) < 4.78 is 27.3. The van der Waals surface area contributed by atoms with Gasteiger partial charge in [-0.2, -0.15) is 0 Å². The summed E-state index contributed by atoms with van der Waals surface area (Å²) in [4.78, 5) is 0. The molecule has 4 nitrogen and oxygen atoms in total. The number of nitrogens with two attached hydrogens (primary N) is 1. The summed E-state index contributed by atoms with van der Waals surface area (Å²) in [5.41, 5.74) is 6.66. The van der Waals surface area contributed by atoms with Crippen molar-refractivity contribution in [1.29, 1.82) is 0 Å². The zero-order valence-electron chi connectivity index (χ0n) is 9.81. The van der Waals surface area contributed by atoms with Crippen LogP contribution in [-0.2, 0) is 6.42 Å². The number of hydrogen-bond acceptors (Lipinski definition) is 3. The lowest BCUT2D eigenvalue weighted by Crippen LogP contribution is -1.99. The molecule has 0 aliphatic heterocycles. The summed E-state index contributed by atoms with van der Waals surface area (Å²) in [6, 6.07) is 3.62. The minimum Gasteiger partial charge on any atom is -0.330 e. The van der Waals surface area contributed by atoms with Crippen LogP contribution < -0.4 is 5.73 Å². The third-order valence-corrected chi connectivity index (χ3v) is 2.60. The quantitative estimate of drug-likeness (QED) is 0.826. The largest absolute Gasteiger partial charge is 0.330 e. The van der Waals surface area contributed by atoms with E-state index >= 15 is 0 Å². The van der Waals surface area contributed by atoms with Crippen molar-refractivity contribution in [3.8, 4) is 5.69 Å². The maximum atomic E-state index is 13.1. The molecule has 1 aromatic heterocycles. The minimum absolute atomic E-state index is 0.450. The molecule has 96 valence electrons. The van der Waals surface area contributed by atoms with E-state index in [1.807, 2.05) is 0 Å². The van der Waals surface area contributed by atoms with Crippen LogP contribution in [0.3, 0.4) is 0 Å². The Hall–Kier alpha value is -1.82. The molecule has 1 aromatic carbocycles. The minimum atomic E-state index is -0.896. The lowest BCUT2D eigenvalue weighted by Gasteiger charge is -2.00. The fourth-order valence-corrected chi connectivity index (χ4v) is 1.62.